The molecule has 5 aromatic carbocycles. The Hall–Kier alpha value is -7.89. The number of unbranched alkanes of at least 4 members (excludes halogenated alkanes) is 9. The van der Waals surface area contributed by atoms with Crippen LogP contribution < -0.4 is 33.2 Å². The molecule has 0 aliphatic heterocycles. The zero-order valence-corrected chi connectivity index (χ0v) is 51.4. The van der Waals surface area contributed by atoms with Crippen molar-refractivity contribution in [2.75, 3.05) is 33.0 Å². The van der Waals surface area contributed by atoms with Gasteiger partial charge in [0, 0.05) is 39.8 Å². The van der Waals surface area contributed by atoms with Crippen LogP contribution in [0.2, 0.25) is 0 Å². The molecule has 2 fully saturated rings. The number of carbonyl (C=O) groups excluding carboxylic acids is 5. The molecular formula is C71H83NO15S. The summed E-state index contributed by atoms with van der Waals surface area (Å²) in [5, 5.41) is 14.3. The largest absolute Gasteiger partial charge is 0.494 e. The van der Waals surface area contributed by atoms with Crippen LogP contribution in [-0.2, 0) is 33.4 Å². The first-order chi connectivity index (χ1) is 42.9. The van der Waals surface area contributed by atoms with Gasteiger partial charge in [-0.05, 0) is 218 Å². The average Bonchev–Trinajstić information content (AvgIpc) is 1.08. The molecular weight excluding hydrogens is 1140 g/mol. The molecule has 468 valence electrons. The molecule has 1 unspecified atom stereocenters. The number of aliphatic hydroxyl groups is 1. The lowest BCUT2D eigenvalue weighted by molar-refractivity contribution is -0.145. The molecule has 1 atom stereocenters. The smallest absolute Gasteiger partial charge is 0.330 e. The van der Waals surface area contributed by atoms with E-state index in [2.05, 4.69) is 20.1 Å². The van der Waals surface area contributed by atoms with Gasteiger partial charge in [-0.15, -0.1) is 0 Å². The van der Waals surface area contributed by atoms with Crippen molar-refractivity contribution in [3.05, 3.63) is 135 Å². The topological polar surface area (TPSA) is 202 Å². The van der Waals surface area contributed by atoms with E-state index in [9.17, 15) is 29.1 Å². The molecule has 0 radical (unpaired) electrons. The second-order valence-corrected chi connectivity index (χ2v) is 23.5. The second kappa shape index (κ2) is 35.2. The summed E-state index contributed by atoms with van der Waals surface area (Å²) in [6, 6.07) is 33.1. The lowest BCUT2D eigenvalue weighted by Gasteiger charge is -2.30. The third-order valence-electron chi connectivity index (χ3n) is 15.9. The molecule has 8 rings (SSSR count). The third-order valence-corrected chi connectivity index (χ3v) is 16.9. The van der Waals surface area contributed by atoms with Gasteiger partial charge in [0.2, 0.25) is 0 Å². The number of fused-ring (bicyclic) bond motifs is 3. The lowest BCUT2D eigenvalue weighted by atomic mass is 9.81. The second-order valence-electron chi connectivity index (χ2n) is 22.4. The van der Waals surface area contributed by atoms with E-state index >= 15 is 0 Å². The van der Waals surface area contributed by atoms with Crippen LogP contribution in [0.1, 0.15) is 135 Å². The summed E-state index contributed by atoms with van der Waals surface area (Å²) < 4.78 is 51.6. The first-order valence-electron chi connectivity index (χ1n) is 31.3. The van der Waals surface area contributed by atoms with Crippen LogP contribution >= 0.6 is 11.8 Å². The molecule has 2 aliphatic carbocycles. The highest BCUT2D eigenvalue weighted by molar-refractivity contribution is 7.99. The van der Waals surface area contributed by atoms with Gasteiger partial charge in [0.15, 0.2) is 6.29 Å². The Kier molecular flexibility index (Phi) is 26.4. The maximum absolute atomic E-state index is 13.8. The van der Waals surface area contributed by atoms with Crippen LogP contribution in [0.3, 0.4) is 0 Å². The van der Waals surface area contributed by atoms with Gasteiger partial charge in [-0.1, -0.05) is 51.1 Å². The van der Waals surface area contributed by atoms with Crippen molar-refractivity contribution in [3.63, 3.8) is 0 Å². The van der Waals surface area contributed by atoms with E-state index in [-0.39, 0.29) is 41.6 Å². The van der Waals surface area contributed by atoms with Crippen LogP contribution in [0.4, 0.5) is 0 Å². The number of nitrogens with zero attached hydrogens (tertiary/aromatic N) is 1. The fraction of sp³-hybridized carbons (Fsp3) is 0.437. The number of rotatable bonds is 35. The molecule has 16 nitrogen and oxygen atoms in total. The summed E-state index contributed by atoms with van der Waals surface area (Å²) in [5.74, 6) is 0.800. The van der Waals surface area contributed by atoms with E-state index in [0.29, 0.717) is 129 Å². The summed E-state index contributed by atoms with van der Waals surface area (Å²) in [5.41, 5.74) is 0.621. The number of ether oxygens (including phenoxy) is 9. The predicted octanol–water partition coefficient (Wildman–Crippen LogP) is 15.3. The van der Waals surface area contributed by atoms with Crippen molar-refractivity contribution in [1.29, 1.82) is 0 Å². The third kappa shape index (κ3) is 20.9. The molecule has 1 aromatic heterocycles. The zero-order chi connectivity index (χ0) is 61.9. The Balaban J connectivity index is 0.831. The Morgan fingerprint density at radius 2 is 0.875 bits per heavy atom. The van der Waals surface area contributed by atoms with Gasteiger partial charge in [-0.2, -0.15) is 0 Å². The Labute approximate surface area is 520 Å². The van der Waals surface area contributed by atoms with Gasteiger partial charge in [0.25, 0.3) is 0 Å². The van der Waals surface area contributed by atoms with Crippen molar-refractivity contribution >= 4 is 63.3 Å². The Bertz CT molecular complexity index is 3220. The first kappa shape index (κ1) is 66.1. The van der Waals surface area contributed by atoms with E-state index < -0.39 is 18.2 Å². The number of pyridine rings is 1. The van der Waals surface area contributed by atoms with E-state index in [1.54, 1.807) is 54.6 Å². The van der Waals surface area contributed by atoms with E-state index in [1.807, 2.05) is 54.6 Å². The van der Waals surface area contributed by atoms with Gasteiger partial charge in [-0.3, -0.25) is 14.4 Å². The highest BCUT2D eigenvalue weighted by Gasteiger charge is 2.34. The molecule has 88 heavy (non-hydrogen) atoms. The minimum absolute atomic E-state index is 0.157. The van der Waals surface area contributed by atoms with E-state index in [0.717, 1.165) is 110 Å². The van der Waals surface area contributed by atoms with Crippen molar-refractivity contribution < 1.29 is 71.7 Å². The Morgan fingerprint density at radius 1 is 0.477 bits per heavy atom. The van der Waals surface area contributed by atoms with Gasteiger partial charge in [0.1, 0.15) is 45.3 Å². The minimum atomic E-state index is -1.04. The summed E-state index contributed by atoms with van der Waals surface area (Å²) in [4.78, 5) is 69.2. The summed E-state index contributed by atoms with van der Waals surface area (Å²) >= 11 is 1.47. The molecule has 1 N–H and O–H groups in total. The van der Waals surface area contributed by atoms with Crippen LogP contribution in [0.25, 0.3) is 21.7 Å². The summed E-state index contributed by atoms with van der Waals surface area (Å²) in [7, 11) is 0. The number of aromatic nitrogens is 1. The highest BCUT2D eigenvalue weighted by Crippen LogP contribution is 2.41. The number of hydrogen-bond donors (Lipinski definition) is 1. The fourth-order valence-electron chi connectivity index (χ4n) is 10.8. The number of aliphatic hydroxyl groups excluding tert-OH is 1. The van der Waals surface area contributed by atoms with Crippen LogP contribution in [0.15, 0.2) is 144 Å². The monoisotopic (exact) mass is 1220 g/mol. The van der Waals surface area contributed by atoms with E-state index in [1.165, 1.54) is 18.2 Å². The number of esters is 5. The normalized spacial score (nSPS) is 16.8. The molecule has 0 spiro atoms. The number of carbonyl (C=O) groups is 5. The predicted molar refractivity (Wildman–Crippen MR) is 337 cm³/mol. The molecule has 0 bridgehead atoms. The lowest BCUT2D eigenvalue weighted by Crippen LogP contribution is -2.33. The fourth-order valence-corrected chi connectivity index (χ4v) is 11.7. The molecule has 0 amide bonds. The molecule has 17 heteroatoms. The summed E-state index contributed by atoms with van der Waals surface area (Å²) in [6.45, 7) is 11.5. The quantitative estimate of drug-likeness (QED) is 0.00982. The zero-order valence-electron chi connectivity index (χ0n) is 50.5. The SMILES string of the molecule is C=CC(=O)OCCCCCCOc1ccc(OC(=O)C2CCC(C(=O)Oc3ccc4c(c3)nc(Sc3ccc(OCCCCCC)cc3)c3cc(OC(=O)C5CCC(C(O)Oc6ccc(OCCCCCCOC(=O)C=C)cc6)CC5)ccc34)CC2)cc1. The van der Waals surface area contributed by atoms with Gasteiger partial charge < -0.3 is 47.7 Å². The maximum Gasteiger partial charge on any atom is 0.330 e. The molecule has 2 aliphatic rings. The highest BCUT2D eigenvalue weighted by atomic mass is 32.2. The molecule has 1 heterocycles. The first-order valence-corrected chi connectivity index (χ1v) is 32.1. The Morgan fingerprint density at radius 3 is 1.36 bits per heavy atom. The van der Waals surface area contributed by atoms with Gasteiger partial charge in [-0.25, -0.2) is 14.6 Å². The van der Waals surface area contributed by atoms with Gasteiger partial charge >= 0.3 is 29.8 Å². The van der Waals surface area contributed by atoms with Crippen molar-refractivity contribution in [2.45, 2.75) is 152 Å². The van der Waals surface area contributed by atoms with Crippen LogP contribution in [0.5, 0.6) is 40.2 Å². The van der Waals surface area contributed by atoms with Crippen molar-refractivity contribution in [1.82, 2.24) is 4.98 Å². The molecule has 6 aromatic rings. The van der Waals surface area contributed by atoms with Crippen molar-refractivity contribution in [3.8, 4) is 40.2 Å². The minimum Gasteiger partial charge on any atom is -0.494 e. The molecule has 0 saturated heterocycles. The number of benzene rings is 5. The van der Waals surface area contributed by atoms with Crippen LogP contribution in [0, 0.1) is 23.7 Å². The number of hydrogen-bond acceptors (Lipinski definition) is 17. The standard InChI is InChI=1S/C71H83NO15S/c1-4-7-8-13-42-81-55-34-38-60(39-35-55)88-67-63-47-58(86-70(77)51-22-18-49(19-23-51)68(75)84-56-30-26-53(27-31-56)79-43-14-9-11-16-45-82-65(73)5-2)36-40-61(63)62-41-37-59(48-64(62)72-67)87-71(78)52-24-20-50(21-25-52)69(76)85-57-32-28-54(29-33-57)80-44-15-10-12-17-46-83-66(74)6-3/h5-6,26-41,47-52,68,75H,2-4,7-25,42-46H2,1H3. The van der Waals surface area contributed by atoms with E-state index in [4.69, 9.17) is 47.6 Å². The maximum atomic E-state index is 13.8. The molecule has 2 saturated carbocycles. The summed E-state index contributed by atoms with van der Waals surface area (Å²) in [6.07, 6.45) is 17.0. The van der Waals surface area contributed by atoms with Gasteiger partial charge in [0.05, 0.1) is 56.3 Å². The van der Waals surface area contributed by atoms with Crippen molar-refractivity contribution in [2.24, 2.45) is 23.7 Å². The average molecular weight is 1220 g/mol. The van der Waals surface area contributed by atoms with Crippen LogP contribution in [-0.4, -0.2) is 79.3 Å².